The molecule has 74 valence electrons. The summed E-state index contributed by atoms with van der Waals surface area (Å²) < 4.78 is 0. The number of rotatable bonds is 0. The number of allylic oxidation sites excluding steroid dienone is 1. The van der Waals surface area contributed by atoms with Gasteiger partial charge in [0.15, 0.2) is 0 Å². The first-order valence-electron chi connectivity index (χ1n) is 5.22. The van der Waals surface area contributed by atoms with Crippen LogP contribution in [0.1, 0.15) is 45.4 Å². The highest BCUT2D eigenvalue weighted by atomic mass is 15.2. The number of amidine groups is 1. The van der Waals surface area contributed by atoms with Crippen molar-refractivity contribution in [3.05, 3.63) is 12.3 Å². The summed E-state index contributed by atoms with van der Waals surface area (Å²) in [5, 5.41) is 7.62. The normalized spacial score (nSPS) is 20.4. The molecular weight excluding hydrogens is 160 g/mol. The van der Waals surface area contributed by atoms with Gasteiger partial charge in [0, 0.05) is 12.2 Å². The van der Waals surface area contributed by atoms with Gasteiger partial charge in [-0.05, 0) is 26.2 Å². The van der Waals surface area contributed by atoms with Crippen molar-refractivity contribution in [2.75, 3.05) is 6.54 Å². The topological polar surface area (TPSA) is 27.1 Å². The van der Waals surface area contributed by atoms with Crippen molar-refractivity contribution in [3.63, 3.8) is 0 Å². The van der Waals surface area contributed by atoms with Crippen molar-refractivity contribution >= 4 is 5.84 Å². The second-order valence-electron chi connectivity index (χ2n) is 3.82. The van der Waals surface area contributed by atoms with E-state index in [1.165, 1.54) is 32.1 Å². The monoisotopic (exact) mass is 180 g/mol. The van der Waals surface area contributed by atoms with Gasteiger partial charge in [-0.15, -0.1) is 0 Å². The Morgan fingerprint density at radius 3 is 2.54 bits per heavy atom. The standard InChI is InChI=1S/C11H20N2/c1-10-8-6-4-3-5-7-9-13(10)11(2)12/h12H,1,3-9H2,2H3. The summed E-state index contributed by atoms with van der Waals surface area (Å²) in [6, 6.07) is 0. The Bertz CT molecular complexity index is 196. The number of nitrogens with zero attached hydrogens (tertiary/aromatic N) is 1. The average Bonchev–Trinajstić information content (AvgIpc) is 2.16. The molecule has 1 rings (SSSR count). The minimum atomic E-state index is 0.645. The van der Waals surface area contributed by atoms with Gasteiger partial charge in [0.1, 0.15) is 0 Å². The van der Waals surface area contributed by atoms with Crippen LogP contribution in [0.25, 0.3) is 0 Å². The predicted molar refractivity (Wildman–Crippen MR) is 56.9 cm³/mol. The van der Waals surface area contributed by atoms with Crippen LogP contribution in [-0.2, 0) is 0 Å². The van der Waals surface area contributed by atoms with E-state index in [1.807, 2.05) is 6.92 Å². The lowest BCUT2D eigenvalue weighted by molar-refractivity contribution is 0.474. The van der Waals surface area contributed by atoms with Crippen LogP contribution in [0.15, 0.2) is 12.3 Å². The van der Waals surface area contributed by atoms with E-state index in [1.54, 1.807) is 0 Å². The molecule has 0 aromatic rings. The fourth-order valence-corrected chi connectivity index (χ4v) is 1.83. The first-order chi connectivity index (χ1) is 6.22. The molecular formula is C11H20N2. The van der Waals surface area contributed by atoms with E-state index in [0.717, 1.165) is 18.7 Å². The predicted octanol–water partition coefficient (Wildman–Crippen LogP) is 3.15. The number of hydrogen-bond donors (Lipinski definition) is 1. The Balaban J connectivity index is 2.55. The molecule has 0 aromatic heterocycles. The quantitative estimate of drug-likeness (QED) is 0.450. The molecule has 0 bridgehead atoms. The third-order valence-electron chi connectivity index (χ3n) is 2.63. The highest BCUT2D eigenvalue weighted by Gasteiger charge is 2.10. The summed E-state index contributed by atoms with van der Waals surface area (Å²) in [4.78, 5) is 2.06. The molecule has 2 nitrogen and oxygen atoms in total. The molecule has 1 saturated heterocycles. The maximum atomic E-state index is 7.62. The number of nitrogens with one attached hydrogen (secondary N) is 1. The van der Waals surface area contributed by atoms with E-state index in [2.05, 4.69) is 11.5 Å². The molecule has 1 aliphatic rings. The van der Waals surface area contributed by atoms with E-state index >= 15 is 0 Å². The highest BCUT2D eigenvalue weighted by Crippen LogP contribution is 2.17. The minimum Gasteiger partial charge on any atom is -0.335 e. The minimum absolute atomic E-state index is 0.645. The average molecular weight is 180 g/mol. The van der Waals surface area contributed by atoms with Gasteiger partial charge in [-0.3, -0.25) is 5.41 Å². The smallest absolute Gasteiger partial charge is 0.0967 e. The lowest BCUT2D eigenvalue weighted by Gasteiger charge is -2.24. The van der Waals surface area contributed by atoms with E-state index in [0.29, 0.717) is 5.84 Å². The first kappa shape index (κ1) is 10.3. The molecule has 0 aromatic carbocycles. The third-order valence-corrected chi connectivity index (χ3v) is 2.63. The molecule has 0 saturated carbocycles. The van der Waals surface area contributed by atoms with Gasteiger partial charge in [-0.1, -0.05) is 25.8 Å². The summed E-state index contributed by atoms with van der Waals surface area (Å²) in [6.45, 7) is 6.89. The van der Waals surface area contributed by atoms with Crippen LogP contribution >= 0.6 is 0 Å². The van der Waals surface area contributed by atoms with Crippen molar-refractivity contribution in [2.45, 2.75) is 45.4 Å². The van der Waals surface area contributed by atoms with Crippen molar-refractivity contribution in [3.8, 4) is 0 Å². The van der Waals surface area contributed by atoms with E-state index < -0.39 is 0 Å². The fraction of sp³-hybridized carbons (Fsp3) is 0.727. The summed E-state index contributed by atoms with van der Waals surface area (Å²) in [5.74, 6) is 0.645. The zero-order chi connectivity index (χ0) is 9.68. The summed E-state index contributed by atoms with van der Waals surface area (Å²) in [5.41, 5.74) is 1.13. The molecule has 0 atom stereocenters. The number of hydrogen-bond acceptors (Lipinski definition) is 1. The van der Waals surface area contributed by atoms with Crippen molar-refractivity contribution in [1.29, 1.82) is 5.41 Å². The van der Waals surface area contributed by atoms with Crippen molar-refractivity contribution < 1.29 is 0 Å². The molecule has 1 N–H and O–H groups in total. The lowest BCUT2D eigenvalue weighted by atomic mass is 10.1. The second kappa shape index (κ2) is 5.05. The molecule has 2 heteroatoms. The van der Waals surface area contributed by atoms with Crippen LogP contribution in [0.2, 0.25) is 0 Å². The molecule has 0 unspecified atom stereocenters. The van der Waals surface area contributed by atoms with Crippen LogP contribution in [0, 0.1) is 5.41 Å². The Kier molecular flexibility index (Phi) is 4.00. The first-order valence-corrected chi connectivity index (χ1v) is 5.22. The Labute approximate surface area is 81.1 Å². The zero-order valence-electron chi connectivity index (χ0n) is 8.60. The molecule has 13 heavy (non-hydrogen) atoms. The fourth-order valence-electron chi connectivity index (χ4n) is 1.83. The molecule has 0 radical (unpaired) electrons. The van der Waals surface area contributed by atoms with Crippen molar-refractivity contribution in [1.82, 2.24) is 4.90 Å². The Morgan fingerprint density at radius 1 is 1.23 bits per heavy atom. The SMILES string of the molecule is C=C1CCCCCCCN1C(C)=N. The van der Waals surface area contributed by atoms with Crippen LogP contribution < -0.4 is 0 Å². The maximum Gasteiger partial charge on any atom is 0.0967 e. The third kappa shape index (κ3) is 3.21. The van der Waals surface area contributed by atoms with Gasteiger partial charge in [-0.2, -0.15) is 0 Å². The van der Waals surface area contributed by atoms with Gasteiger partial charge in [0.2, 0.25) is 0 Å². The van der Waals surface area contributed by atoms with Crippen molar-refractivity contribution in [2.24, 2.45) is 0 Å². The van der Waals surface area contributed by atoms with Gasteiger partial charge in [0.25, 0.3) is 0 Å². The summed E-state index contributed by atoms with van der Waals surface area (Å²) in [6.07, 6.45) is 7.48. The van der Waals surface area contributed by atoms with Gasteiger partial charge < -0.3 is 4.90 Å². The molecule has 0 amide bonds. The molecule has 1 fully saturated rings. The van der Waals surface area contributed by atoms with Gasteiger partial charge in [0.05, 0.1) is 5.84 Å². The van der Waals surface area contributed by atoms with E-state index in [4.69, 9.17) is 5.41 Å². The second-order valence-corrected chi connectivity index (χ2v) is 3.82. The Hall–Kier alpha value is -0.790. The van der Waals surface area contributed by atoms with Crippen LogP contribution in [0.5, 0.6) is 0 Å². The summed E-state index contributed by atoms with van der Waals surface area (Å²) in [7, 11) is 0. The highest BCUT2D eigenvalue weighted by molar-refractivity contribution is 5.78. The molecule has 0 spiro atoms. The summed E-state index contributed by atoms with van der Waals surface area (Å²) >= 11 is 0. The molecule has 1 aliphatic heterocycles. The largest absolute Gasteiger partial charge is 0.335 e. The molecule has 1 heterocycles. The van der Waals surface area contributed by atoms with Gasteiger partial charge >= 0.3 is 0 Å². The van der Waals surface area contributed by atoms with Gasteiger partial charge in [-0.25, -0.2) is 0 Å². The Morgan fingerprint density at radius 2 is 1.85 bits per heavy atom. The molecule has 0 aliphatic carbocycles. The lowest BCUT2D eigenvalue weighted by Crippen LogP contribution is -2.27. The van der Waals surface area contributed by atoms with E-state index in [9.17, 15) is 0 Å². The maximum absolute atomic E-state index is 7.62. The zero-order valence-corrected chi connectivity index (χ0v) is 8.60. The van der Waals surface area contributed by atoms with Crippen LogP contribution in [0.4, 0.5) is 0 Å². The van der Waals surface area contributed by atoms with E-state index in [-0.39, 0.29) is 0 Å². The van der Waals surface area contributed by atoms with Crippen LogP contribution in [0.3, 0.4) is 0 Å². The van der Waals surface area contributed by atoms with Crippen LogP contribution in [-0.4, -0.2) is 17.3 Å².